The Balaban J connectivity index is 2.11. The quantitative estimate of drug-likeness (QED) is 0.792. The van der Waals surface area contributed by atoms with Crippen molar-refractivity contribution in [1.82, 2.24) is 0 Å². The number of benzene rings is 2. The molecule has 2 aromatic rings. The van der Waals surface area contributed by atoms with Gasteiger partial charge in [0.1, 0.15) is 0 Å². The number of hydrogen-bond donors (Lipinski definition) is 1. The van der Waals surface area contributed by atoms with E-state index in [1.807, 2.05) is 13.0 Å². The van der Waals surface area contributed by atoms with E-state index in [9.17, 15) is 4.79 Å². The molecule has 1 amide bonds. The molecule has 0 aliphatic heterocycles. The number of nitrogens with one attached hydrogen (secondary N) is 1. The van der Waals surface area contributed by atoms with Crippen LogP contribution >= 0.6 is 23.2 Å². The lowest BCUT2D eigenvalue weighted by Crippen LogP contribution is -2.30. The van der Waals surface area contributed by atoms with E-state index in [0.29, 0.717) is 39.4 Å². The molecule has 0 unspecified atom stereocenters. The predicted molar refractivity (Wildman–Crippen MR) is 97.5 cm³/mol. The molecule has 5 nitrogen and oxygen atoms in total. The van der Waals surface area contributed by atoms with Gasteiger partial charge in [0.15, 0.2) is 17.6 Å². The number of anilines is 1. The van der Waals surface area contributed by atoms with Crippen LogP contribution in [-0.2, 0) is 4.79 Å². The van der Waals surface area contributed by atoms with Crippen molar-refractivity contribution in [1.29, 1.82) is 5.26 Å². The molecule has 7 heteroatoms. The fourth-order valence-electron chi connectivity index (χ4n) is 2.06. The van der Waals surface area contributed by atoms with E-state index in [0.717, 1.165) is 0 Å². The predicted octanol–water partition coefficient (Wildman–Crippen LogP) is 4.67. The average Bonchev–Trinajstić information content (AvgIpc) is 2.55. The van der Waals surface area contributed by atoms with E-state index in [2.05, 4.69) is 5.32 Å². The highest BCUT2D eigenvalue weighted by atomic mass is 35.5. The Morgan fingerprint density at radius 1 is 1.20 bits per heavy atom. The molecule has 0 radical (unpaired) electrons. The van der Waals surface area contributed by atoms with Crippen molar-refractivity contribution in [3.63, 3.8) is 0 Å². The Morgan fingerprint density at radius 3 is 2.48 bits per heavy atom. The van der Waals surface area contributed by atoms with Crippen LogP contribution in [0.5, 0.6) is 11.5 Å². The Labute approximate surface area is 156 Å². The van der Waals surface area contributed by atoms with Crippen molar-refractivity contribution in [2.24, 2.45) is 0 Å². The molecular formula is C18H16Cl2N2O3. The summed E-state index contributed by atoms with van der Waals surface area (Å²) in [5, 5.41) is 12.5. The third-order valence-electron chi connectivity index (χ3n) is 3.18. The topological polar surface area (TPSA) is 71.3 Å². The summed E-state index contributed by atoms with van der Waals surface area (Å²) in [5.41, 5.74) is 0.921. The number of rotatable bonds is 6. The average molecular weight is 379 g/mol. The summed E-state index contributed by atoms with van der Waals surface area (Å²) in [6.07, 6.45) is -0.801. The van der Waals surface area contributed by atoms with Gasteiger partial charge in [-0.05, 0) is 44.2 Å². The summed E-state index contributed by atoms with van der Waals surface area (Å²) >= 11 is 11.8. The summed E-state index contributed by atoms with van der Waals surface area (Å²) in [5.74, 6) is 0.421. The Hall–Kier alpha value is -2.42. The SMILES string of the molecule is CCOc1cc(C#N)ccc1O[C@H](C)C(=O)Nc1cc(Cl)cc(Cl)c1. The zero-order chi connectivity index (χ0) is 18.4. The minimum absolute atomic E-state index is 0.370. The van der Waals surface area contributed by atoms with Gasteiger partial charge in [-0.3, -0.25) is 4.79 Å². The van der Waals surface area contributed by atoms with Crippen molar-refractivity contribution < 1.29 is 14.3 Å². The molecule has 0 bridgehead atoms. The summed E-state index contributed by atoms with van der Waals surface area (Å²) in [6, 6.07) is 11.5. The first-order chi connectivity index (χ1) is 11.9. The molecule has 0 heterocycles. The third kappa shape index (κ3) is 5.28. The Kier molecular flexibility index (Phi) is 6.51. The van der Waals surface area contributed by atoms with Crippen LogP contribution in [0.2, 0.25) is 10.0 Å². The molecule has 0 aliphatic carbocycles. The smallest absolute Gasteiger partial charge is 0.265 e. The van der Waals surface area contributed by atoms with E-state index >= 15 is 0 Å². The van der Waals surface area contributed by atoms with Gasteiger partial charge in [0.2, 0.25) is 0 Å². The van der Waals surface area contributed by atoms with Crippen molar-refractivity contribution in [2.75, 3.05) is 11.9 Å². The zero-order valence-corrected chi connectivity index (χ0v) is 15.2. The molecule has 1 atom stereocenters. The molecule has 0 aromatic heterocycles. The van der Waals surface area contributed by atoms with Crippen LogP contribution in [-0.4, -0.2) is 18.6 Å². The van der Waals surface area contributed by atoms with Crippen LogP contribution in [0, 0.1) is 11.3 Å². The maximum atomic E-state index is 12.3. The lowest BCUT2D eigenvalue weighted by molar-refractivity contribution is -0.122. The second-order valence-corrected chi connectivity index (χ2v) is 5.99. The Morgan fingerprint density at radius 2 is 1.88 bits per heavy atom. The normalized spacial score (nSPS) is 11.3. The largest absolute Gasteiger partial charge is 0.490 e. The molecule has 25 heavy (non-hydrogen) atoms. The van der Waals surface area contributed by atoms with Gasteiger partial charge >= 0.3 is 0 Å². The van der Waals surface area contributed by atoms with Gasteiger partial charge < -0.3 is 14.8 Å². The summed E-state index contributed by atoms with van der Waals surface area (Å²) in [7, 11) is 0. The van der Waals surface area contributed by atoms with Crippen LogP contribution in [0.1, 0.15) is 19.4 Å². The highest BCUT2D eigenvalue weighted by molar-refractivity contribution is 6.35. The van der Waals surface area contributed by atoms with Crippen molar-refractivity contribution >= 4 is 34.8 Å². The molecule has 0 fully saturated rings. The van der Waals surface area contributed by atoms with Crippen molar-refractivity contribution in [2.45, 2.75) is 20.0 Å². The summed E-state index contributed by atoms with van der Waals surface area (Å²) < 4.78 is 11.1. The number of nitriles is 1. The molecule has 0 saturated heterocycles. The third-order valence-corrected chi connectivity index (χ3v) is 3.61. The minimum Gasteiger partial charge on any atom is -0.490 e. The summed E-state index contributed by atoms with van der Waals surface area (Å²) in [6.45, 7) is 3.84. The van der Waals surface area contributed by atoms with Gasteiger partial charge in [-0.1, -0.05) is 23.2 Å². The first kappa shape index (κ1) is 18.9. The molecule has 130 valence electrons. The van der Waals surface area contributed by atoms with E-state index in [1.165, 1.54) is 0 Å². The van der Waals surface area contributed by atoms with Crippen molar-refractivity contribution in [3.05, 3.63) is 52.0 Å². The molecular weight excluding hydrogens is 363 g/mol. The monoisotopic (exact) mass is 378 g/mol. The first-order valence-corrected chi connectivity index (χ1v) is 8.29. The molecule has 2 rings (SSSR count). The number of carbonyl (C=O) groups excluding carboxylic acids is 1. The van der Waals surface area contributed by atoms with E-state index in [1.54, 1.807) is 43.3 Å². The number of hydrogen-bond acceptors (Lipinski definition) is 4. The highest BCUT2D eigenvalue weighted by Gasteiger charge is 2.18. The number of amides is 1. The minimum atomic E-state index is -0.801. The van der Waals surface area contributed by atoms with Crippen LogP contribution in [0.3, 0.4) is 0 Å². The standard InChI is InChI=1S/C18H16Cl2N2O3/c1-3-24-17-6-12(10-21)4-5-16(17)25-11(2)18(23)22-15-8-13(19)7-14(20)9-15/h4-9,11H,3H2,1-2H3,(H,22,23)/t11-/m1/s1. The second-order valence-electron chi connectivity index (χ2n) is 5.11. The number of carbonyl (C=O) groups is 1. The van der Waals surface area contributed by atoms with Gasteiger partial charge in [0.05, 0.1) is 18.2 Å². The van der Waals surface area contributed by atoms with Crippen LogP contribution in [0.4, 0.5) is 5.69 Å². The van der Waals surface area contributed by atoms with Gasteiger partial charge in [0.25, 0.3) is 5.91 Å². The lowest BCUT2D eigenvalue weighted by atomic mass is 10.2. The molecule has 0 saturated carbocycles. The first-order valence-electron chi connectivity index (χ1n) is 7.53. The zero-order valence-electron chi connectivity index (χ0n) is 13.7. The van der Waals surface area contributed by atoms with Crippen LogP contribution < -0.4 is 14.8 Å². The van der Waals surface area contributed by atoms with E-state index < -0.39 is 6.10 Å². The summed E-state index contributed by atoms with van der Waals surface area (Å²) in [4.78, 5) is 12.3. The molecule has 0 aliphatic rings. The van der Waals surface area contributed by atoms with Gasteiger partial charge in [-0.2, -0.15) is 5.26 Å². The lowest BCUT2D eigenvalue weighted by Gasteiger charge is -2.17. The molecule has 0 spiro atoms. The van der Waals surface area contributed by atoms with Crippen LogP contribution in [0.15, 0.2) is 36.4 Å². The van der Waals surface area contributed by atoms with Gasteiger partial charge in [0, 0.05) is 21.8 Å². The second kappa shape index (κ2) is 8.61. The van der Waals surface area contributed by atoms with Crippen LogP contribution in [0.25, 0.3) is 0 Å². The molecule has 2 aromatic carbocycles. The number of nitrogens with zero attached hydrogens (tertiary/aromatic N) is 1. The van der Waals surface area contributed by atoms with Gasteiger partial charge in [-0.25, -0.2) is 0 Å². The van der Waals surface area contributed by atoms with E-state index in [-0.39, 0.29) is 5.91 Å². The van der Waals surface area contributed by atoms with E-state index in [4.69, 9.17) is 37.9 Å². The Bertz CT molecular complexity index is 798. The fourth-order valence-corrected chi connectivity index (χ4v) is 2.58. The maximum Gasteiger partial charge on any atom is 0.265 e. The maximum absolute atomic E-state index is 12.3. The van der Waals surface area contributed by atoms with Crippen molar-refractivity contribution in [3.8, 4) is 17.6 Å². The number of halogens is 2. The number of ether oxygens (including phenoxy) is 2. The fraction of sp³-hybridized carbons (Fsp3) is 0.222. The molecule has 1 N–H and O–H groups in total. The van der Waals surface area contributed by atoms with Gasteiger partial charge in [-0.15, -0.1) is 0 Å². The highest BCUT2D eigenvalue weighted by Crippen LogP contribution is 2.29.